The maximum absolute atomic E-state index is 13.2. The van der Waals surface area contributed by atoms with Crippen LogP contribution in [0, 0.1) is 11.3 Å². The lowest BCUT2D eigenvalue weighted by atomic mass is 10.0. The van der Waals surface area contributed by atoms with Crippen molar-refractivity contribution in [2.45, 2.75) is 12.8 Å². The molecule has 1 amide bonds. The third-order valence-corrected chi connectivity index (χ3v) is 5.88. The Labute approximate surface area is 200 Å². The fraction of sp³-hybridized carbons (Fsp3) is 0.208. The number of amides is 1. The average molecular weight is 470 g/mol. The van der Waals surface area contributed by atoms with E-state index in [2.05, 4.69) is 32.0 Å². The summed E-state index contributed by atoms with van der Waals surface area (Å²) < 4.78 is 6.72. The first-order valence-electron chi connectivity index (χ1n) is 11.0. The second-order valence-corrected chi connectivity index (χ2v) is 7.96. The number of hydrogen-bond acceptors (Lipinski definition) is 9. The molecular weight excluding hydrogens is 448 g/mol. The van der Waals surface area contributed by atoms with Crippen molar-refractivity contribution in [1.82, 2.24) is 24.6 Å². The molecule has 0 radical (unpaired) electrons. The van der Waals surface area contributed by atoms with Crippen LogP contribution < -0.4 is 15.6 Å². The number of phenolic OH excluding ortho intramolecular Hbond substituents is 1. The molecule has 11 heteroatoms. The number of benzene rings is 2. The fourth-order valence-electron chi connectivity index (χ4n) is 4.11. The van der Waals surface area contributed by atoms with E-state index < -0.39 is 0 Å². The Bertz CT molecular complexity index is 1440. The van der Waals surface area contributed by atoms with E-state index in [9.17, 15) is 15.2 Å². The minimum Gasteiger partial charge on any atom is -0.505 e. The smallest absolute Gasteiger partial charge is 0.257 e. The Balaban J connectivity index is 1.58. The third kappa shape index (κ3) is 4.02. The number of carbonyl (C=O) groups is 1. The monoisotopic (exact) mass is 470 g/mol. The van der Waals surface area contributed by atoms with Crippen LogP contribution in [-0.4, -0.2) is 55.9 Å². The lowest BCUT2D eigenvalue weighted by molar-refractivity contribution is 0.0790. The number of phenols is 1. The quantitative estimate of drug-likeness (QED) is 0.286. The number of hydrazine groups is 1. The number of aromatic nitrogens is 4. The molecule has 1 saturated heterocycles. The van der Waals surface area contributed by atoms with Gasteiger partial charge in [-0.05, 0) is 48.6 Å². The Morgan fingerprint density at radius 3 is 2.66 bits per heavy atom. The Hall–Kier alpha value is -4.85. The van der Waals surface area contributed by atoms with Gasteiger partial charge in [0, 0.05) is 30.9 Å². The second kappa shape index (κ2) is 9.18. The predicted molar refractivity (Wildman–Crippen MR) is 128 cm³/mol. The van der Waals surface area contributed by atoms with Crippen LogP contribution in [-0.2, 0) is 0 Å². The van der Waals surface area contributed by atoms with Gasteiger partial charge in [-0.2, -0.15) is 15.0 Å². The highest BCUT2D eigenvalue weighted by Gasteiger charge is 2.25. The zero-order valence-corrected chi connectivity index (χ0v) is 18.9. The van der Waals surface area contributed by atoms with Crippen molar-refractivity contribution in [1.29, 1.82) is 5.26 Å². The largest absolute Gasteiger partial charge is 0.505 e. The third-order valence-electron chi connectivity index (χ3n) is 5.88. The lowest BCUT2D eigenvalue weighted by Crippen LogP contribution is -2.28. The molecule has 2 aromatic heterocycles. The Morgan fingerprint density at radius 2 is 1.94 bits per heavy atom. The zero-order chi connectivity index (χ0) is 24.4. The number of methoxy groups -OCH3 is 1. The van der Waals surface area contributed by atoms with Gasteiger partial charge in [-0.1, -0.05) is 0 Å². The van der Waals surface area contributed by atoms with Crippen LogP contribution in [0.3, 0.4) is 0 Å². The van der Waals surface area contributed by atoms with Crippen LogP contribution in [0.1, 0.15) is 28.8 Å². The van der Waals surface area contributed by atoms with Gasteiger partial charge in [-0.3, -0.25) is 15.6 Å². The summed E-state index contributed by atoms with van der Waals surface area (Å²) in [6.45, 7) is 1.30. The minimum atomic E-state index is -0.242. The summed E-state index contributed by atoms with van der Waals surface area (Å²) in [5.74, 6) is 0.708. The van der Waals surface area contributed by atoms with E-state index in [-0.39, 0.29) is 40.2 Å². The summed E-state index contributed by atoms with van der Waals surface area (Å²) in [6, 6.07) is 10.8. The Morgan fingerprint density at radius 1 is 1.17 bits per heavy atom. The molecular formula is C24H22N8O3. The van der Waals surface area contributed by atoms with Crippen molar-refractivity contribution in [3.05, 3.63) is 60.0 Å². The number of nitrogens with zero attached hydrogens (tertiary/aromatic N) is 6. The number of likely N-dealkylation sites (tertiary alicyclic amines) is 1. The van der Waals surface area contributed by atoms with Crippen molar-refractivity contribution in [3.63, 3.8) is 0 Å². The van der Waals surface area contributed by atoms with Crippen LogP contribution in [0.15, 0.2) is 48.9 Å². The maximum Gasteiger partial charge on any atom is 0.257 e. The average Bonchev–Trinajstić information content (AvgIpc) is 3.58. The SMILES string of the molecule is COc1ccc2c(NNc3c(C#N)cnn3-c3ncccn3)c(O)c(C(=O)N3CCCC3)cc2c1. The number of carbonyl (C=O) groups excluding carboxylic acids is 1. The van der Waals surface area contributed by atoms with E-state index in [0.717, 1.165) is 12.8 Å². The van der Waals surface area contributed by atoms with E-state index in [0.29, 0.717) is 29.6 Å². The molecule has 5 rings (SSSR count). The molecule has 0 aliphatic carbocycles. The van der Waals surface area contributed by atoms with Gasteiger partial charge >= 0.3 is 0 Å². The highest BCUT2D eigenvalue weighted by Crippen LogP contribution is 2.38. The minimum absolute atomic E-state index is 0.178. The fourth-order valence-corrected chi connectivity index (χ4v) is 4.11. The highest BCUT2D eigenvalue weighted by atomic mass is 16.5. The number of nitrogens with one attached hydrogen (secondary N) is 2. The van der Waals surface area contributed by atoms with E-state index in [1.54, 1.807) is 54.7 Å². The van der Waals surface area contributed by atoms with Gasteiger partial charge in [0.1, 0.15) is 23.1 Å². The van der Waals surface area contributed by atoms with Crippen LogP contribution >= 0.6 is 0 Å². The normalized spacial score (nSPS) is 13.0. The predicted octanol–water partition coefficient (Wildman–Crippen LogP) is 3.08. The summed E-state index contributed by atoms with van der Waals surface area (Å²) in [5.41, 5.74) is 6.63. The number of ether oxygens (including phenoxy) is 1. The molecule has 176 valence electrons. The number of anilines is 2. The number of fused-ring (bicyclic) bond motifs is 1. The van der Waals surface area contributed by atoms with Crippen molar-refractivity contribution in [2.75, 3.05) is 31.1 Å². The maximum atomic E-state index is 13.2. The van der Waals surface area contributed by atoms with Gasteiger partial charge in [-0.15, -0.1) is 0 Å². The van der Waals surface area contributed by atoms with Crippen LogP contribution in [0.2, 0.25) is 0 Å². The van der Waals surface area contributed by atoms with E-state index in [1.165, 1.54) is 10.9 Å². The number of nitriles is 1. The van der Waals surface area contributed by atoms with Crippen LogP contribution in [0.4, 0.5) is 11.5 Å². The molecule has 0 unspecified atom stereocenters. The van der Waals surface area contributed by atoms with Gasteiger partial charge in [0.2, 0.25) is 0 Å². The van der Waals surface area contributed by atoms with E-state index in [4.69, 9.17) is 4.74 Å². The van der Waals surface area contributed by atoms with Gasteiger partial charge < -0.3 is 14.7 Å². The molecule has 1 aliphatic rings. The molecule has 11 nitrogen and oxygen atoms in total. The van der Waals surface area contributed by atoms with E-state index in [1.807, 2.05) is 0 Å². The van der Waals surface area contributed by atoms with Crippen molar-refractivity contribution < 1.29 is 14.6 Å². The molecule has 4 aromatic rings. The molecule has 1 fully saturated rings. The molecule has 3 N–H and O–H groups in total. The lowest BCUT2D eigenvalue weighted by Gasteiger charge is -2.20. The van der Waals surface area contributed by atoms with Crippen LogP contribution in [0.5, 0.6) is 11.5 Å². The molecule has 1 aliphatic heterocycles. The highest BCUT2D eigenvalue weighted by molar-refractivity contribution is 6.08. The molecule has 0 saturated carbocycles. The topological polar surface area (TPSA) is 141 Å². The first kappa shape index (κ1) is 22.0. The zero-order valence-electron chi connectivity index (χ0n) is 18.9. The van der Waals surface area contributed by atoms with Gasteiger partial charge in [0.15, 0.2) is 11.6 Å². The summed E-state index contributed by atoms with van der Waals surface area (Å²) in [6.07, 6.45) is 6.38. The number of hydrogen-bond donors (Lipinski definition) is 3. The molecule has 35 heavy (non-hydrogen) atoms. The Kier molecular flexibility index (Phi) is 5.76. The number of aromatic hydroxyl groups is 1. The van der Waals surface area contributed by atoms with Crippen LogP contribution in [0.25, 0.3) is 16.7 Å². The standard InChI is InChI=1S/C24H22N8O3/c1-35-17-5-6-18-15(11-17)12-19(23(34)31-9-2-3-10-31)21(33)20(18)29-30-22-16(13-25)14-28-32(22)24-26-7-4-8-27-24/h4-8,11-12,14,29-30,33H,2-3,9-10H2,1H3. The first-order chi connectivity index (χ1) is 17.1. The molecule has 0 spiro atoms. The summed E-state index contributed by atoms with van der Waals surface area (Å²) in [7, 11) is 1.56. The first-order valence-corrected chi connectivity index (χ1v) is 11.0. The molecule has 2 aromatic carbocycles. The van der Waals surface area contributed by atoms with Crippen molar-refractivity contribution in [3.8, 4) is 23.5 Å². The molecule has 0 atom stereocenters. The van der Waals surface area contributed by atoms with Crippen molar-refractivity contribution >= 4 is 28.2 Å². The summed E-state index contributed by atoms with van der Waals surface area (Å²) in [5, 5.41) is 26.3. The van der Waals surface area contributed by atoms with E-state index >= 15 is 0 Å². The van der Waals surface area contributed by atoms with Gasteiger partial charge in [0.25, 0.3) is 11.9 Å². The van der Waals surface area contributed by atoms with Gasteiger partial charge in [0.05, 0.1) is 18.9 Å². The van der Waals surface area contributed by atoms with Gasteiger partial charge in [-0.25, -0.2) is 9.97 Å². The second-order valence-electron chi connectivity index (χ2n) is 7.96. The van der Waals surface area contributed by atoms with Crippen molar-refractivity contribution in [2.24, 2.45) is 0 Å². The summed E-state index contributed by atoms with van der Waals surface area (Å²) >= 11 is 0. The molecule has 3 heterocycles. The number of rotatable bonds is 6. The summed E-state index contributed by atoms with van der Waals surface area (Å²) in [4.78, 5) is 23.3. The molecule has 0 bridgehead atoms.